The smallest absolute Gasteiger partial charge is 0.330 e. The summed E-state index contributed by atoms with van der Waals surface area (Å²) in [4.78, 5) is 10.7. The third-order valence-electron chi connectivity index (χ3n) is 3.50. The Labute approximate surface area is 110 Å². The van der Waals surface area contributed by atoms with Crippen LogP contribution in [0.15, 0.2) is 24.3 Å². The Kier molecular flexibility index (Phi) is 4.71. The first kappa shape index (κ1) is 14.9. The first-order chi connectivity index (χ1) is 8.32. The maximum atomic E-state index is 10.7. The van der Waals surface area contributed by atoms with E-state index in [0.717, 1.165) is 11.7 Å². The molecule has 0 spiro atoms. The lowest BCUT2D eigenvalue weighted by Gasteiger charge is -2.40. The van der Waals surface area contributed by atoms with Gasteiger partial charge >= 0.3 is 7.48 Å². The molecule has 0 bridgehead atoms. The highest BCUT2D eigenvalue weighted by Gasteiger charge is 2.37. The zero-order valence-electron chi connectivity index (χ0n) is 11.7. The molecule has 1 aromatic carbocycles. The molecule has 0 aliphatic rings. The summed E-state index contributed by atoms with van der Waals surface area (Å²) >= 11 is 0. The molecular formula is C14H20BO3. The largest absolute Gasteiger partial charge is 0.427 e. The van der Waals surface area contributed by atoms with Gasteiger partial charge < -0.3 is 9.39 Å². The van der Waals surface area contributed by atoms with Crippen molar-refractivity contribution in [1.29, 1.82) is 0 Å². The molecule has 1 radical (unpaired) electrons. The minimum atomic E-state index is -0.473. The van der Waals surface area contributed by atoms with E-state index in [2.05, 4.69) is 0 Å². The van der Waals surface area contributed by atoms with Gasteiger partial charge in [0.25, 0.3) is 0 Å². The van der Waals surface area contributed by atoms with Crippen LogP contribution in [0.25, 0.3) is 0 Å². The number of benzene rings is 1. The average Bonchev–Trinajstić information content (AvgIpc) is 2.36. The summed E-state index contributed by atoms with van der Waals surface area (Å²) in [5.41, 5.74) is 0.612. The molecule has 0 heterocycles. The molecule has 0 saturated carbocycles. The van der Waals surface area contributed by atoms with Crippen molar-refractivity contribution in [2.45, 2.75) is 38.9 Å². The zero-order chi connectivity index (χ0) is 13.8. The average molecular weight is 247 g/mol. The molecule has 0 aromatic heterocycles. The van der Waals surface area contributed by atoms with Crippen LogP contribution in [-0.4, -0.2) is 32.1 Å². The van der Waals surface area contributed by atoms with Gasteiger partial charge in [-0.05, 0) is 27.7 Å². The third-order valence-corrected chi connectivity index (χ3v) is 3.50. The van der Waals surface area contributed by atoms with Gasteiger partial charge in [0.1, 0.15) is 6.29 Å². The van der Waals surface area contributed by atoms with Crippen molar-refractivity contribution in [3.05, 3.63) is 29.8 Å². The second-order valence-corrected chi connectivity index (χ2v) is 5.25. The molecule has 97 valence electrons. The predicted molar refractivity (Wildman–Crippen MR) is 73.5 cm³/mol. The molecule has 0 aliphatic heterocycles. The number of rotatable bonds is 6. The molecule has 1 aromatic rings. The fourth-order valence-corrected chi connectivity index (χ4v) is 1.31. The second-order valence-electron chi connectivity index (χ2n) is 5.25. The number of hydrogen-bond donors (Lipinski definition) is 0. The van der Waals surface area contributed by atoms with Gasteiger partial charge in [0.2, 0.25) is 0 Å². The zero-order valence-corrected chi connectivity index (χ0v) is 11.7. The van der Waals surface area contributed by atoms with Crippen LogP contribution in [0.1, 0.15) is 38.1 Å². The fraction of sp³-hybridized carbons (Fsp3) is 0.500. The molecule has 0 saturated heterocycles. The van der Waals surface area contributed by atoms with Crippen LogP contribution in [0, 0.1) is 0 Å². The number of carbonyl (C=O) groups excluding carboxylic acids is 1. The summed E-state index contributed by atoms with van der Waals surface area (Å²) in [5.74, 6) is 0. The quantitative estimate of drug-likeness (QED) is 0.569. The molecule has 0 amide bonds. The summed E-state index contributed by atoms with van der Waals surface area (Å²) in [7, 11) is 3.33. The lowest BCUT2D eigenvalue weighted by molar-refractivity contribution is -0.114. The van der Waals surface area contributed by atoms with E-state index >= 15 is 0 Å². The normalized spacial score (nSPS) is 12.3. The Morgan fingerprint density at radius 2 is 1.83 bits per heavy atom. The highest BCUT2D eigenvalue weighted by molar-refractivity contribution is 6.47. The predicted octanol–water partition coefficient (Wildman–Crippen LogP) is 1.96. The van der Waals surface area contributed by atoms with E-state index in [9.17, 15) is 4.79 Å². The highest BCUT2D eigenvalue weighted by atomic mass is 16.5. The maximum absolute atomic E-state index is 10.7. The van der Waals surface area contributed by atoms with Crippen LogP contribution < -0.4 is 5.46 Å². The van der Waals surface area contributed by atoms with Crippen LogP contribution in [0.2, 0.25) is 0 Å². The van der Waals surface area contributed by atoms with E-state index in [1.807, 2.05) is 39.8 Å². The summed E-state index contributed by atoms with van der Waals surface area (Å²) in [6.45, 7) is 7.89. The summed E-state index contributed by atoms with van der Waals surface area (Å²) in [6.07, 6.45) is 0.821. The highest BCUT2D eigenvalue weighted by Crippen LogP contribution is 2.27. The Hall–Kier alpha value is -1.13. The Bertz CT molecular complexity index is 413. The lowest BCUT2D eigenvalue weighted by Crippen LogP contribution is -2.50. The van der Waals surface area contributed by atoms with E-state index in [1.165, 1.54) is 0 Å². The number of methoxy groups -OCH3 is 1. The van der Waals surface area contributed by atoms with Gasteiger partial charge in [-0.15, -0.1) is 0 Å². The molecule has 0 aliphatic carbocycles. The fourth-order valence-electron chi connectivity index (χ4n) is 1.31. The maximum Gasteiger partial charge on any atom is 0.330 e. The minimum absolute atomic E-state index is 0.411. The summed E-state index contributed by atoms with van der Waals surface area (Å²) in [6, 6.07) is 7.26. The second kappa shape index (κ2) is 5.68. The Balaban J connectivity index is 2.72. The number of carbonyl (C=O) groups is 1. The molecule has 18 heavy (non-hydrogen) atoms. The molecule has 1 rings (SSSR count). The van der Waals surface area contributed by atoms with Crippen molar-refractivity contribution in [3.63, 3.8) is 0 Å². The van der Waals surface area contributed by atoms with E-state index in [4.69, 9.17) is 9.39 Å². The van der Waals surface area contributed by atoms with Gasteiger partial charge in [0.15, 0.2) is 0 Å². The monoisotopic (exact) mass is 247 g/mol. The number of hydrogen-bond acceptors (Lipinski definition) is 3. The van der Waals surface area contributed by atoms with Gasteiger partial charge in [0, 0.05) is 12.7 Å². The SMILES string of the molecule is COC(C)(C)C(C)(C)O[B]c1cccc(C=O)c1. The van der Waals surface area contributed by atoms with Crippen LogP contribution >= 0.6 is 0 Å². The van der Waals surface area contributed by atoms with Crippen LogP contribution in [-0.2, 0) is 9.39 Å². The van der Waals surface area contributed by atoms with Gasteiger partial charge in [-0.25, -0.2) is 0 Å². The molecule has 0 fully saturated rings. The summed E-state index contributed by atoms with van der Waals surface area (Å²) < 4.78 is 11.2. The van der Waals surface area contributed by atoms with Crippen molar-refractivity contribution in [2.24, 2.45) is 0 Å². The van der Waals surface area contributed by atoms with E-state index < -0.39 is 11.2 Å². The van der Waals surface area contributed by atoms with Gasteiger partial charge in [-0.2, -0.15) is 0 Å². The molecule has 3 nitrogen and oxygen atoms in total. The lowest BCUT2D eigenvalue weighted by atomic mass is 9.82. The van der Waals surface area contributed by atoms with E-state index in [1.54, 1.807) is 26.7 Å². The van der Waals surface area contributed by atoms with Crippen molar-refractivity contribution < 1.29 is 14.2 Å². The van der Waals surface area contributed by atoms with Crippen LogP contribution in [0.3, 0.4) is 0 Å². The Morgan fingerprint density at radius 3 is 2.39 bits per heavy atom. The van der Waals surface area contributed by atoms with E-state index in [0.29, 0.717) is 5.56 Å². The van der Waals surface area contributed by atoms with Crippen molar-refractivity contribution in [2.75, 3.05) is 7.11 Å². The van der Waals surface area contributed by atoms with Crippen molar-refractivity contribution in [1.82, 2.24) is 0 Å². The first-order valence-corrected chi connectivity index (χ1v) is 5.94. The molecule has 0 unspecified atom stereocenters. The van der Waals surface area contributed by atoms with Gasteiger partial charge in [0.05, 0.1) is 11.2 Å². The van der Waals surface area contributed by atoms with Gasteiger partial charge in [-0.1, -0.05) is 29.7 Å². The third kappa shape index (κ3) is 3.43. The van der Waals surface area contributed by atoms with Crippen molar-refractivity contribution in [3.8, 4) is 0 Å². The van der Waals surface area contributed by atoms with Crippen LogP contribution in [0.4, 0.5) is 0 Å². The number of ether oxygens (including phenoxy) is 1. The topological polar surface area (TPSA) is 35.5 Å². The summed E-state index contributed by atoms with van der Waals surface area (Å²) in [5, 5.41) is 0. The number of aldehydes is 1. The molecular weight excluding hydrogens is 227 g/mol. The minimum Gasteiger partial charge on any atom is -0.427 e. The van der Waals surface area contributed by atoms with E-state index in [-0.39, 0.29) is 0 Å². The molecule has 4 heteroatoms. The Morgan fingerprint density at radius 1 is 1.17 bits per heavy atom. The molecule has 0 N–H and O–H groups in total. The first-order valence-electron chi connectivity index (χ1n) is 5.94. The van der Waals surface area contributed by atoms with Crippen molar-refractivity contribution >= 4 is 19.2 Å². The standard InChI is InChI=1S/C14H20BO3/c1-13(2,17-5)14(3,4)18-15-12-8-6-7-11(9-12)10-16/h6-10H,1-5H3. The molecule has 0 atom stereocenters. The van der Waals surface area contributed by atoms with Crippen LogP contribution in [0.5, 0.6) is 0 Å². The van der Waals surface area contributed by atoms with Gasteiger partial charge in [-0.3, -0.25) is 4.79 Å².